The van der Waals surface area contributed by atoms with Gasteiger partial charge in [-0.25, -0.2) is 0 Å². The summed E-state index contributed by atoms with van der Waals surface area (Å²) in [5.41, 5.74) is 4.49. The van der Waals surface area contributed by atoms with Crippen molar-refractivity contribution in [1.29, 1.82) is 0 Å². The van der Waals surface area contributed by atoms with Crippen LogP contribution in [0.25, 0.3) is 0 Å². The molecular weight excluding hydrogens is 396 g/mol. The quantitative estimate of drug-likeness (QED) is 0.528. The van der Waals surface area contributed by atoms with E-state index >= 15 is 0 Å². The van der Waals surface area contributed by atoms with Gasteiger partial charge in [0.2, 0.25) is 0 Å². The molecule has 8 heteroatoms. The monoisotopic (exact) mass is 432 g/mol. The van der Waals surface area contributed by atoms with Crippen LogP contribution in [0.5, 0.6) is 11.5 Å². The largest absolute Gasteiger partial charge is 0.493 e. The Bertz CT molecular complexity index is 813. The summed E-state index contributed by atoms with van der Waals surface area (Å²) in [5.74, 6) is 1.29. The fourth-order valence-electron chi connectivity index (χ4n) is 4.01. The molecule has 31 heavy (non-hydrogen) atoms. The predicted molar refractivity (Wildman–Crippen MR) is 119 cm³/mol. The van der Waals surface area contributed by atoms with Crippen LogP contribution in [0.1, 0.15) is 35.4 Å². The van der Waals surface area contributed by atoms with Crippen molar-refractivity contribution in [1.82, 2.24) is 20.0 Å². The minimum atomic E-state index is -0.591. The highest BCUT2D eigenvalue weighted by Gasteiger charge is 2.20. The van der Waals surface area contributed by atoms with Gasteiger partial charge in [0.25, 0.3) is 0 Å². The summed E-state index contributed by atoms with van der Waals surface area (Å²) in [6, 6.07) is 5.92. The number of likely N-dealkylation sites (tertiary alicyclic amines) is 1. The van der Waals surface area contributed by atoms with Gasteiger partial charge in [0, 0.05) is 44.0 Å². The van der Waals surface area contributed by atoms with E-state index in [1.807, 2.05) is 32.0 Å². The second-order valence-electron chi connectivity index (χ2n) is 8.57. The van der Waals surface area contributed by atoms with Crippen LogP contribution >= 0.6 is 0 Å². The molecule has 3 rings (SSSR count). The Morgan fingerprint density at radius 2 is 1.97 bits per heavy atom. The van der Waals surface area contributed by atoms with E-state index in [-0.39, 0.29) is 12.7 Å². The van der Waals surface area contributed by atoms with Crippen molar-refractivity contribution >= 4 is 0 Å². The molecule has 172 valence electrons. The lowest BCUT2D eigenvalue weighted by molar-refractivity contribution is 0.0333. The molecule has 1 aromatic heterocycles. The second-order valence-corrected chi connectivity index (χ2v) is 8.57. The van der Waals surface area contributed by atoms with Gasteiger partial charge in [0.15, 0.2) is 11.5 Å². The number of aromatic nitrogens is 2. The average Bonchev–Trinajstić information content (AvgIpc) is 3.06. The van der Waals surface area contributed by atoms with Crippen LogP contribution in [0, 0.1) is 13.8 Å². The van der Waals surface area contributed by atoms with Crippen molar-refractivity contribution in [3.05, 3.63) is 40.7 Å². The van der Waals surface area contributed by atoms with Crippen molar-refractivity contribution in [2.24, 2.45) is 0 Å². The maximum atomic E-state index is 10.3. The number of ether oxygens (including phenoxy) is 2. The molecule has 1 aliphatic heterocycles. The number of nitrogens with zero attached hydrogens (tertiary/aromatic N) is 3. The molecule has 8 nitrogen and oxygen atoms in total. The summed E-state index contributed by atoms with van der Waals surface area (Å²) in [4.78, 5) is 4.40. The van der Waals surface area contributed by atoms with Crippen LogP contribution in [0.15, 0.2) is 18.2 Å². The van der Waals surface area contributed by atoms with E-state index in [2.05, 4.69) is 27.0 Å². The van der Waals surface area contributed by atoms with Gasteiger partial charge in [-0.05, 0) is 51.4 Å². The van der Waals surface area contributed by atoms with E-state index in [1.54, 1.807) is 7.11 Å². The Morgan fingerprint density at radius 1 is 1.23 bits per heavy atom. The third kappa shape index (κ3) is 6.67. The number of β-amino-alcohol motifs (C(OH)–C–C–N with tert-alkyl or cyclic N) is 1. The van der Waals surface area contributed by atoms with Gasteiger partial charge in [-0.2, -0.15) is 5.10 Å². The Hall–Kier alpha value is -2.13. The van der Waals surface area contributed by atoms with Crippen molar-refractivity contribution in [2.45, 2.75) is 52.0 Å². The van der Waals surface area contributed by atoms with E-state index in [0.29, 0.717) is 18.0 Å². The first-order valence-electron chi connectivity index (χ1n) is 10.9. The minimum Gasteiger partial charge on any atom is -0.493 e. The number of hydrogen-bond donors (Lipinski definition) is 3. The number of nitrogens with one attached hydrogen (secondary N) is 1. The third-order valence-electron chi connectivity index (χ3n) is 5.85. The lowest BCUT2D eigenvalue weighted by atomic mass is 10.1. The van der Waals surface area contributed by atoms with Gasteiger partial charge in [0.05, 0.1) is 18.9 Å². The maximum Gasteiger partial charge on any atom is 0.161 e. The number of hydrogen-bond acceptors (Lipinski definition) is 7. The number of aromatic amines is 1. The van der Waals surface area contributed by atoms with Crippen molar-refractivity contribution in [3.8, 4) is 11.5 Å². The Balaban J connectivity index is 1.52. The van der Waals surface area contributed by atoms with E-state index < -0.39 is 6.10 Å². The molecule has 1 unspecified atom stereocenters. The number of aryl methyl sites for hydroxylation is 2. The molecule has 0 amide bonds. The smallest absolute Gasteiger partial charge is 0.161 e. The molecule has 1 saturated heterocycles. The lowest BCUT2D eigenvalue weighted by Crippen LogP contribution is -2.41. The minimum absolute atomic E-state index is 0.202. The summed E-state index contributed by atoms with van der Waals surface area (Å²) in [6.45, 7) is 8.01. The van der Waals surface area contributed by atoms with Gasteiger partial charge < -0.3 is 24.6 Å². The summed E-state index contributed by atoms with van der Waals surface area (Å²) in [5, 5.41) is 27.3. The number of benzene rings is 1. The SMILES string of the molecule is COc1cc(CN(C)Cc2c(C)n[nH]c2C)ccc1OCC(O)CN1CCC(O)CC1. The summed E-state index contributed by atoms with van der Waals surface area (Å²) in [7, 11) is 3.71. The van der Waals surface area contributed by atoms with Crippen LogP contribution in [-0.2, 0) is 13.1 Å². The summed E-state index contributed by atoms with van der Waals surface area (Å²) in [6.07, 6.45) is 0.722. The van der Waals surface area contributed by atoms with Crippen molar-refractivity contribution in [2.75, 3.05) is 40.4 Å². The molecule has 0 saturated carbocycles. The number of H-pyrrole nitrogens is 1. The molecule has 2 heterocycles. The Morgan fingerprint density at radius 3 is 2.61 bits per heavy atom. The molecule has 1 atom stereocenters. The molecule has 3 N–H and O–H groups in total. The van der Waals surface area contributed by atoms with E-state index in [0.717, 1.165) is 56.0 Å². The van der Waals surface area contributed by atoms with Crippen molar-refractivity contribution in [3.63, 3.8) is 0 Å². The summed E-state index contributed by atoms with van der Waals surface area (Å²) < 4.78 is 11.4. The zero-order valence-corrected chi connectivity index (χ0v) is 19.1. The Kier molecular flexibility index (Phi) is 8.31. The van der Waals surface area contributed by atoms with Crippen LogP contribution in [-0.4, -0.2) is 82.8 Å². The van der Waals surface area contributed by atoms with Gasteiger partial charge in [-0.15, -0.1) is 0 Å². The molecule has 1 aromatic carbocycles. The Labute approximate surface area is 184 Å². The number of piperidine rings is 1. The predicted octanol–water partition coefficient (Wildman–Crippen LogP) is 1.86. The first kappa shape index (κ1) is 23.5. The fraction of sp³-hybridized carbons (Fsp3) is 0.609. The molecule has 0 radical (unpaired) electrons. The average molecular weight is 433 g/mol. The highest BCUT2D eigenvalue weighted by molar-refractivity contribution is 5.43. The van der Waals surface area contributed by atoms with E-state index in [4.69, 9.17) is 9.47 Å². The van der Waals surface area contributed by atoms with E-state index in [9.17, 15) is 10.2 Å². The molecule has 2 aromatic rings. The normalized spacial score (nSPS) is 16.6. The second kappa shape index (κ2) is 10.9. The first-order valence-corrected chi connectivity index (χ1v) is 10.9. The molecular formula is C23H36N4O4. The van der Waals surface area contributed by atoms with Gasteiger partial charge in [0.1, 0.15) is 12.7 Å². The number of methoxy groups -OCH3 is 1. The highest BCUT2D eigenvalue weighted by Crippen LogP contribution is 2.29. The highest BCUT2D eigenvalue weighted by atomic mass is 16.5. The standard InChI is InChI=1S/C23H36N4O4/c1-16-21(17(2)25-24-16)14-26(3)12-18-5-6-22(23(11-18)30-4)31-15-20(29)13-27-9-7-19(28)8-10-27/h5-6,11,19-20,28-29H,7-10,12-15H2,1-4H3,(H,24,25). The van der Waals surface area contributed by atoms with E-state index in [1.165, 1.54) is 5.56 Å². The third-order valence-corrected chi connectivity index (χ3v) is 5.85. The summed E-state index contributed by atoms with van der Waals surface area (Å²) >= 11 is 0. The maximum absolute atomic E-state index is 10.3. The topological polar surface area (TPSA) is 94.1 Å². The lowest BCUT2D eigenvalue weighted by Gasteiger charge is -2.30. The molecule has 0 spiro atoms. The zero-order valence-electron chi connectivity index (χ0n) is 19.1. The van der Waals surface area contributed by atoms with Crippen molar-refractivity contribution < 1.29 is 19.7 Å². The molecule has 1 fully saturated rings. The van der Waals surface area contributed by atoms with Gasteiger partial charge in [-0.3, -0.25) is 10.00 Å². The first-order chi connectivity index (χ1) is 14.9. The van der Waals surface area contributed by atoms with Crippen LogP contribution < -0.4 is 9.47 Å². The van der Waals surface area contributed by atoms with Gasteiger partial charge in [-0.1, -0.05) is 6.07 Å². The fourth-order valence-corrected chi connectivity index (χ4v) is 4.01. The van der Waals surface area contributed by atoms with Crippen LogP contribution in [0.3, 0.4) is 0 Å². The van der Waals surface area contributed by atoms with Crippen LogP contribution in [0.2, 0.25) is 0 Å². The molecule has 0 aliphatic carbocycles. The zero-order chi connectivity index (χ0) is 22.4. The molecule has 1 aliphatic rings. The number of rotatable bonds is 10. The molecule has 0 bridgehead atoms. The number of aliphatic hydroxyl groups is 2. The van der Waals surface area contributed by atoms with Crippen LogP contribution in [0.4, 0.5) is 0 Å². The number of aliphatic hydroxyl groups excluding tert-OH is 2. The van der Waals surface area contributed by atoms with Gasteiger partial charge >= 0.3 is 0 Å².